The summed E-state index contributed by atoms with van der Waals surface area (Å²) in [6.07, 6.45) is 0. The standard InChI is InChI=1S/C16H14F2O2S/c1-2-20-16(19)15(11-6-4-3-5-7-11)21-12-8-9-13(17)14(18)10-12/h3-10,15H,2H2,1H3. The Bertz CT molecular complexity index is 617. The van der Waals surface area contributed by atoms with Crippen LogP contribution in [0.25, 0.3) is 0 Å². The van der Waals surface area contributed by atoms with Crippen LogP contribution in [0.15, 0.2) is 53.4 Å². The average Bonchev–Trinajstić information content (AvgIpc) is 2.49. The van der Waals surface area contributed by atoms with Gasteiger partial charge in [-0.05, 0) is 30.7 Å². The van der Waals surface area contributed by atoms with Gasteiger partial charge < -0.3 is 4.74 Å². The van der Waals surface area contributed by atoms with Crippen molar-refractivity contribution in [1.82, 2.24) is 0 Å². The van der Waals surface area contributed by atoms with E-state index in [1.54, 1.807) is 19.1 Å². The highest BCUT2D eigenvalue weighted by atomic mass is 32.2. The van der Waals surface area contributed by atoms with Crippen molar-refractivity contribution in [3.05, 3.63) is 65.7 Å². The molecule has 2 rings (SSSR count). The van der Waals surface area contributed by atoms with E-state index in [2.05, 4.69) is 0 Å². The molecule has 2 aromatic rings. The summed E-state index contributed by atoms with van der Waals surface area (Å²) in [7, 11) is 0. The van der Waals surface area contributed by atoms with Crippen LogP contribution in [0.5, 0.6) is 0 Å². The van der Waals surface area contributed by atoms with Crippen molar-refractivity contribution in [1.29, 1.82) is 0 Å². The molecule has 2 nitrogen and oxygen atoms in total. The molecule has 2 aromatic carbocycles. The number of thioether (sulfide) groups is 1. The van der Waals surface area contributed by atoms with Crippen LogP contribution in [-0.4, -0.2) is 12.6 Å². The zero-order chi connectivity index (χ0) is 15.2. The van der Waals surface area contributed by atoms with Gasteiger partial charge in [0.15, 0.2) is 11.6 Å². The van der Waals surface area contributed by atoms with E-state index < -0.39 is 22.9 Å². The minimum atomic E-state index is -0.935. The van der Waals surface area contributed by atoms with Gasteiger partial charge in [-0.2, -0.15) is 0 Å². The first-order valence-electron chi connectivity index (χ1n) is 6.45. The molecule has 5 heteroatoms. The molecule has 1 unspecified atom stereocenters. The third kappa shape index (κ3) is 4.04. The topological polar surface area (TPSA) is 26.3 Å². The molecule has 21 heavy (non-hydrogen) atoms. The van der Waals surface area contributed by atoms with Gasteiger partial charge in [0.25, 0.3) is 0 Å². The van der Waals surface area contributed by atoms with Crippen LogP contribution in [0.4, 0.5) is 8.78 Å². The molecule has 0 N–H and O–H groups in total. The Hall–Kier alpha value is -1.88. The molecule has 0 spiro atoms. The molecule has 0 fully saturated rings. The molecule has 0 saturated heterocycles. The predicted octanol–water partition coefficient (Wildman–Crippen LogP) is 4.36. The summed E-state index contributed by atoms with van der Waals surface area (Å²) in [5.41, 5.74) is 0.755. The minimum Gasteiger partial charge on any atom is -0.465 e. The SMILES string of the molecule is CCOC(=O)C(Sc1ccc(F)c(F)c1)c1ccccc1. The number of halogens is 2. The van der Waals surface area contributed by atoms with E-state index in [-0.39, 0.29) is 6.61 Å². The highest BCUT2D eigenvalue weighted by Gasteiger charge is 2.23. The van der Waals surface area contributed by atoms with E-state index in [4.69, 9.17) is 4.74 Å². The van der Waals surface area contributed by atoms with E-state index in [0.717, 1.165) is 29.5 Å². The second-order valence-corrected chi connectivity index (χ2v) is 5.42. The molecule has 1 atom stereocenters. The molecule has 0 aliphatic heterocycles. The summed E-state index contributed by atoms with van der Waals surface area (Å²) in [6.45, 7) is 1.99. The number of hydrogen-bond acceptors (Lipinski definition) is 3. The largest absolute Gasteiger partial charge is 0.465 e. The Labute approximate surface area is 126 Å². The Morgan fingerprint density at radius 1 is 1.14 bits per heavy atom. The summed E-state index contributed by atoms with van der Waals surface area (Å²) >= 11 is 1.13. The van der Waals surface area contributed by atoms with Crippen molar-refractivity contribution >= 4 is 17.7 Å². The normalized spacial score (nSPS) is 12.0. The Morgan fingerprint density at radius 3 is 2.48 bits per heavy atom. The summed E-state index contributed by atoms with van der Waals surface area (Å²) in [4.78, 5) is 12.6. The Balaban J connectivity index is 2.27. The highest BCUT2D eigenvalue weighted by molar-refractivity contribution is 8.00. The van der Waals surface area contributed by atoms with E-state index in [1.165, 1.54) is 6.07 Å². The fraction of sp³-hybridized carbons (Fsp3) is 0.188. The van der Waals surface area contributed by atoms with E-state index in [9.17, 15) is 13.6 Å². The molecule has 0 aliphatic carbocycles. The summed E-state index contributed by atoms with van der Waals surface area (Å²) in [5, 5.41) is -0.615. The summed E-state index contributed by atoms with van der Waals surface area (Å²) in [5.74, 6) is -2.25. The smallest absolute Gasteiger partial charge is 0.323 e. The molecule has 0 saturated carbocycles. The second kappa shape index (κ2) is 7.22. The number of carbonyl (C=O) groups is 1. The molecule has 110 valence electrons. The van der Waals surface area contributed by atoms with Crippen molar-refractivity contribution in [3.8, 4) is 0 Å². The third-order valence-electron chi connectivity index (χ3n) is 2.75. The first kappa shape index (κ1) is 15.5. The lowest BCUT2D eigenvalue weighted by atomic mass is 10.1. The maximum Gasteiger partial charge on any atom is 0.323 e. The summed E-state index contributed by atoms with van der Waals surface area (Å²) in [6, 6.07) is 12.6. The van der Waals surface area contributed by atoms with Crippen molar-refractivity contribution < 1.29 is 18.3 Å². The fourth-order valence-corrected chi connectivity index (χ4v) is 2.83. The van der Waals surface area contributed by atoms with Crippen molar-refractivity contribution in [2.45, 2.75) is 17.1 Å². The average molecular weight is 308 g/mol. The monoisotopic (exact) mass is 308 g/mol. The van der Waals surface area contributed by atoms with E-state index >= 15 is 0 Å². The molecule has 0 aliphatic rings. The van der Waals surface area contributed by atoms with Crippen molar-refractivity contribution in [3.63, 3.8) is 0 Å². The second-order valence-electron chi connectivity index (χ2n) is 4.24. The quantitative estimate of drug-likeness (QED) is 0.606. The molecule has 0 radical (unpaired) electrons. The van der Waals surface area contributed by atoms with Crippen molar-refractivity contribution in [2.75, 3.05) is 6.61 Å². The van der Waals surface area contributed by atoms with Gasteiger partial charge in [-0.1, -0.05) is 30.3 Å². The third-order valence-corrected chi connectivity index (χ3v) is 3.97. The molecule has 0 heterocycles. The maximum absolute atomic E-state index is 13.3. The van der Waals surface area contributed by atoms with Gasteiger partial charge in [0.05, 0.1) is 6.61 Å². The predicted molar refractivity (Wildman–Crippen MR) is 78.0 cm³/mol. The van der Waals surface area contributed by atoms with Crippen LogP contribution in [0.1, 0.15) is 17.7 Å². The van der Waals surface area contributed by atoms with Crippen molar-refractivity contribution in [2.24, 2.45) is 0 Å². The Kier molecular flexibility index (Phi) is 5.33. The molecular formula is C16H14F2O2S. The number of carbonyl (C=O) groups excluding carboxylic acids is 1. The first-order valence-corrected chi connectivity index (χ1v) is 7.33. The van der Waals surface area contributed by atoms with Gasteiger partial charge in [-0.3, -0.25) is 4.79 Å². The number of rotatable bonds is 5. The lowest BCUT2D eigenvalue weighted by Crippen LogP contribution is -2.13. The fourth-order valence-electron chi connectivity index (χ4n) is 1.78. The molecular weight excluding hydrogens is 294 g/mol. The molecule has 0 aromatic heterocycles. The van der Waals surface area contributed by atoms with Crippen LogP contribution in [0.2, 0.25) is 0 Å². The van der Waals surface area contributed by atoms with Gasteiger partial charge >= 0.3 is 5.97 Å². The lowest BCUT2D eigenvalue weighted by molar-refractivity contribution is -0.142. The van der Waals surface area contributed by atoms with E-state index in [0.29, 0.717) is 4.90 Å². The van der Waals surface area contributed by atoms with E-state index in [1.807, 2.05) is 18.2 Å². The van der Waals surface area contributed by atoms with Crippen LogP contribution >= 0.6 is 11.8 Å². The molecule has 0 amide bonds. The lowest BCUT2D eigenvalue weighted by Gasteiger charge is -2.15. The number of hydrogen-bond donors (Lipinski definition) is 0. The Morgan fingerprint density at radius 2 is 1.86 bits per heavy atom. The zero-order valence-corrected chi connectivity index (χ0v) is 12.2. The van der Waals surface area contributed by atoms with Gasteiger partial charge in [0, 0.05) is 4.90 Å². The first-order chi connectivity index (χ1) is 10.1. The van der Waals surface area contributed by atoms with Crippen LogP contribution in [0.3, 0.4) is 0 Å². The zero-order valence-electron chi connectivity index (χ0n) is 11.4. The molecule has 0 bridgehead atoms. The number of esters is 1. The van der Waals surface area contributed by atoms with Gasteiger partial charge in [-0.15, -0.1) is 11.8 Å². The van der Waals surface area contributed by atoms with Crippen LogP contribution in [-0.2, 0) is 9.53 Å². The van der Waals surface area contributed by atoms with Crippen LogP contribution in [0, 0.1) is 11.6 Å². The summed E-state index contributed by atoms with van der Waals surface area (Å²) < 4.78 is 31.3. The highest BCUT2D eigenvalue weighted by Crippen LogP contribution is 2.36. The van der Waals surface area contributed by atoms with Gasteiger partial charge in [-0.25, -0.2) is 8.78 Å². The van der Waals surface area contributed by atoms with Gasteiger partial charge in [0.2, 0.25) is 0 Å². The minimum absolute atomic E-state index is 0.264. The number of ether oxygens (including phenoxy) is 1. The van der Waals surface area contributed by atoms with Crippen LogP contribution < -0.4 is 0 Å². The van der Waals surface area contributed by atoms with Gasteiger partial charge in [0.1, 0.15) is 5.25 Å². The maximum atomic E-state index is 13.3. The number of benzene rings is 2.